The molecule has 1 aromatic rings. The van der Waals surface area contributed by atoms with Gasteiger partial charge in [-0.25, -0.2) is 0 Å². The molecule has 6 nitrogen and oxygen atoms in total. The highest BCUT2D eigenvalue weighted by atomic mass is 16.7. The molecule has 2 fully saturated rings. The summed E-state index contributed by atoms with van der Waals surface area (Å²) in [6, 6.07) is 6.28. The minimum atomic E-state index is 0.134. The Bertz CT molecular complexity index is 586. The van der Waals surface area contributed by atoms with E-state index in [1.807, 2.05) is 23.1 Å². The Hall–Kier alpha value is -1.79. The summed E-state index contributed by atoms with van der Waals surface area (Å²) >= 11 is 0. The van der Waals surface area contributed by atoms with Gasteiger partial charge in [0.25, 0.3) is 0 Å². The third kappa shape index (κ3) is 3.01. The molecular formula is C17H22N2O4. The molecule has 3 aliphatic heterocycles. The number of hydrogen-bond donors (Lipinski definition) is 1. The van der Waals surface area contributed by atoms with Crippen LogP contribution in [0.25, 0.3) is 0 Å². The average molecular weight is 318 g/mol. The molecule has 0 aromatic heterocycles. The first-order chi connectivity index (χ1) is 11.3. The average Bonchev–Trinajstić information content (AvgIpc) is 3.24. The fourth-order valence-corrected chi connectivity index (χ4v) is 3.61. The number of nitrogens with one attached hydrogen (secondary N) is 1. The number of rotatable bonds is 3. The van der Waals surface area contributed by atoms with E-state index in [1.54, 1.807) is 0 Å². The van der Waals surface area contributed by atoms with Crippen molar-refractivity contribution in [2.75, 3.05) is 33.1 Å². The molecule has 3 heterocycles. The number of nitrogens with zero attached hydrogens (tertiary/aromatic N) is 1. The summed E-state index contributed by atoms with van der Waals surface area (Å²) in [7, 11) is 0. The smallest absolute Gasteiger partial charge is 0.231 e. The zero-order valence-electron chi connectivity index (χ0n) is 13.1. The fraction of sp³-hybridized carbons (Fsp3) is 0.588. The van der Waals surface area contributed by atoms with E-state index in [9.17, 15) is 4.79 Å². The van der Waals surface area contributed by atoms with Crippen molar-refractivity contribution in [2.45, 2.75) is 31.3 Å². The number of hydrogen-bond acceptors (Lipinski definition) is 5. The topological polar surface area (TPSA) is 60.0 Å². The first kappa shape index (κ1) is 14.8. The third-order valence-corrected chi connectivity index (χ3v) is 4.77. The van der Waals surface area contributed by atoms with E-state index in [-0.39, 0.29) is 24.8 Å². The van der Waals surface area contributed by atoms with Crippen molar-refractivity contribution in [3.05, 3.63) is 23.8 Å². The fourth-order valence-electron chi connectivity index (χ4n) is 3.61. The number of carbonyl (C=O) groups is 1. The predicted octanol–water partition coefficient (Wildman–Crippen LogP) is 1.46. The molecule has 0 aliphatic carbocycles. The van der Waals surface area contributed by atoms with Gasteiger partial charge < -0.3 is 24.4 Å². The number of morpholine rings is 1. The highest BCUT2D eigenvalue weighted by Crippen LogP contribution is 2.39. The summed E-state index contributed by atoms with van der Waals surface area (Å²) in [6.45, 7) is 3.27. The van der Waals surface area contributed by atoms with E-state index in [0.717, 1.165) is 49.6 Å². The lowest BCUT2D eigenvalue weighted by molar-refractivity contribution is -0.133. The lowest BCUT2D eigenvalue weighted by atomic mass is 10.0. The first-order valence-electron chi connectivity index (χ1n) is 8.31. The van der Waals surface area contributed by atoms with Crippen LogP contribution in [-0.2, 0) is 9.53 Å². The number of amides is 1. The standard InChI is InChI=1S/C17H22N2O4/c20-17(9-13-10-21-7-5-18-13)19-6-1-2-14(19)12-3-4-15-16(8-12)23-11-22-15/h3-4,8,13-14,18H,1-2,5-7,9-11H2. The van der Waals surface area contributed by atoms with Gasteiger partial charge in [-0.15, -0.1) is 0 Å². The molecule has 0 saturated carbocycles. The molecule has 2 atom stereocenters. The van der Waals surface area contributed by atoms with Crippen molar-refractivity contribution in [3.8, 4) is 11.5 Å². The van der Waals surface area contributed by atoms with Crippen molar-refractivity contribution in [1.29, 1.82) is 0 Å². The molecule has 6 heteroatoms. The molecule has 0 bridgehead atoms. The van der Waals surface area contributed by atoms with Crippen LogP contribution in [0.15, 0.2) is 18.2 Å². The van der Waals surface area contributed by atoms with Gasteiger partial charge in [-0.3, -0.25) is 4.79 Å². The maximum Gasteiger partial charge on any atom is 0.231 e. The molecule has 4 rings (SSSR count). The van der Waals surface area contributed by atoms with Crippen LogP contribution in [0.5, 0.6) is 11.5 Å². The van der Waals surface area contributed by atoms with Crippen LogP contribution in [0.4, 0.5) is 0 Å². The van der Waals surface area contributed by atoms with Gasteiger partial charge >= 0.3 is 0 Å². The lowest BCUT2D eigenvalue weighted by Gasteiger charge is -2.29. The predicted molar refractivity (Wildman–Crippen MR) is 83.5 cm³/mol. The largest absolute Gasteiger partial charge is 0.454 e. The zero-order valence-corrected chi connectivity index (χ0v) is 13.1. The molecule has 1 N–H and O–H groups in total. The molecule has 23 heavy (non-hydrogen) atoms. The quantitative estimate of drug-likeness (QED) is 0.914. The summed E-state index contributed by atoms with van der Waals surface area (Å²) in [5.74, 6) is 1.77. The van der Waals surface area contributed by atoms with Gasteiger partial charge in [0.2, 0.25) is 12.7 Å². The third-order valence-electron chi connectivity index (χ3n) is 4.77. The minimum Gasteiger partial charge on any atom is -0.454 e. The molecule has 124 valence electrons. The maximum atomic E-state index is 12.7. The van der Waals surface area contributed by atoms with Gasteiger partial charge in [-0.1, -0.05) is 6.07 Å². The minimum absolute atomic E-state index is 0.134. The van der Waals surface area contributed by atoms with Crippen molar-refractivity contribution < 1.29 is 19.0 Å². The van der Waals surface area contributed by atoms with Crippen molar-refractivity contribution >= 4 is 5.91 Å². The van der Waals surface area contributed by atoms with Crippen molar-refractivity contribution in [2.24, 2.45) is 0 Å². The number of likely N-dealkylation sites (tertiary alicyclic amines) is 1. The Balaban J connectivity index is 1.46. The van der Waals surface area contributed by atoms with Gasteiger partial charge in [0.05, 0.1) is 19.3 Å². The van der Waals surface area contributed by atoms with Crippen LogP contribution >= 0.6 is 0 Å². The number of benzene rings is 1. The molecule has 3 aliphatic rings. The number of fused-ring (bicyclic) bond motifs is 1. The van der Waals surface area contributed by atoms with Crippen LogP contribution in [0.2, 0.25) is 0 Å². The van der Waals surface area contributed by atoms with Crippen LogP contribution in [0, 0.1) is 0 Å². The lowest BCUT2D eigenvalue weighted by Crippen LogP contribution is -2.45. The van der Waals surface area contributed by atoms with Crippen molar-refractivity contribution in [1.82, 2.24) is 10.2 Å². The second-order valence-corrected chi connectivity index (χ2v) is 6.29. The van der Waals surface area contributed by atoms with Gasteiger partial charge in [-0.05, 0) is 30.5 Å². The van der Waals surface area contributed by atoms with E-state index in [1.165, 1.54) is 0 Å². The summed E-state index contributed by atoms with van der Waals surface area (Å²) < 4.78 is 16.3. The van der Waals surface area contributed by atoms with Crippen LogP contribution < -0.4 is 14.8 Å². The SMILES string of the molecule is O=C(CC1COCCN1)N1CCCC1c1ccc2c(c1)OCO2. The van der Waals surface area contributed by atoms with E-state index in [2.05, 4.69) is 5.32 Å². The Kier molecular flexibility index (Phi) is 4.10. The second-order valence-electron chi connectivity index (χ2n) is 6.29. The first-order valence-corrected chi connectivity index (χ1v) is 8.31. The zero-order chi connectivity index (χ0) is 15.6. The van der Waals surface area contributed by atoms with Gasteiger partial charge in [0.1, 0.15) is 0 Å². The monoisotopic (exact) mass is 318 g/mol. The Labute approximate surface area is 135 Å². The van der Waals surface area contributed by atoms with Crippen LogP contribution in [0.3, 0.4) is 0 Å². The normalized spacial score (nSPS) is 26.5. The number of ether oxygens (including phenoxy) is 3. The van der Waals surface area contributed by atoms with Gasteiger partial charge in [0.15, 0.2) is 11.5 Å². The second kappa shape index (κ2) is 6.37. The van der Waals surface area contributed by atoms with E-state index < -0.39 is 0 Å². The summed E-state index contributed by atoms with van der Waals surface area (Å²) in [4.78, 5) is 14.7. The molecule has 2 saturated heterocycles. The Morgan fingerprint density at radius 2 is 2.22 bits per heavy atom. The summed E-state index contributed by atoms with van der Waals surface area (Å²) in [6.07, 6.45) is 2.54. The Morgan fingerprint density at radius 3 is 3.09 bits per heavy atom. The molecule has 0 spiro atoms. The van der Waals surface area contributed by atoms with Crippen LogP contribution in [0.1, 0.15) is 30.9 Å². The summed E-state index contributed by atoms with van der Waals surface area (Å²) in [5, 5.41) is 3.35. The molecular weight excluding hydrogens is 296 g/mol. The number of carbonyl (C=O) groups excluding carboxylic acids is 1. The van der Waals surface area contributed by atoms with Crippen molar-refractivity contribution in [3.63, 3.8) is 0 Å². The van der Waals surface area contributed by atoms with E-state index >= 15 is 0 Å². The molecule has 2 unspecified atom stereocenters. The summed E-state index contributed by atoms with van der Waals surface area (Å²) in [5.41, 5.74) is 1.13. The van der Waals surface area contributed by atoms with Gasteiger partial charge in [-0.2, -0.15) is 0 Å². The van der Waals surface area contributed by atoms with E-state index in [0.29, 0.717) is 13.0 Å². The highest BCUT2D eigenvalue weighted by molar-refractivity contribution is 5.77. The molecule has 0 radical (unpaired) electrons. The maximum absolute atomic E-state index is 12.7. The van der Waals surface area contributed by atoms with E-state index in [4.69, 9.17) is 14.2 Å². The molecule has 1 amide bonds. The van der Waals surface area contributed by atoms with Crippen LogP contribution in [-0.4, -0.2) is 49.9 Å². The highest BCUT2D eigenvalue weighted by Gasteiger charge is 2.32. The molecule has 1 aromatic carbocycles. The van der Waals surface area contributed by atoms with Gasteiger partial charge in [0, 0.05) is 25.6 Å². The Morgan fingerprint density at radius 1 is 1.30 bits per heavy atom.